The first-order chi connectivity index (χ1) is 8.18. The molecule has 1 saturated heterocycles. The summed E-state index contributed by atoms with van der Waals surface area (Å²) >= 11 is 3.33. The predicted molar refractivity (Wildman–Crippen MR) is 70.1 cm³/mol. The van der Waals surface area contributed by atoms with Gasteiger partial charge in [-0.2, -0.15) is 0 Å². The first-order valence-electron chi connectivity index (χ1n) is 6.15. The first kappa shape index (κ1) is 12.8. The lowest BCUT2D eigenvalue weighted by atomic mass is 9.84. The Kier molecular flexibility index (Phi) is 4.40. The molecule has 0 spiro atoms. The molecular formula is C13H18BrNO2. The molecule has 2 heterocycles. The van der Waals surface area contributed by atoms with Crippen molar-refractivity contribution in [1.82, 2.24) is 5.32 Å². The number of carbonyl (C=O) groups excluding carboxylic acids is 1. The van der Waals surface area contributed by atoms with Crippen LogP contribution in [0.15, 0.2) is 21.2 Å². The fraction of sp³-hybridized carbons (Fsp3) is 0.615. The molecule has 1 fully saturated rings. The molecular weight excluding hydrogens is 282 g/mol. The molecule has 1 aromatic heterocycles. The maximum Gasteiger partial charge on any atom is 0.199 e. The van der Waals surface area contributed by atoms with Crippen LogP contribution in [-0.2, 0) is 0 Å². The van der Waals surface area contributed by atoms with Crippen molar-refractivity contribution in [2.24, 2.45) is 11.8 Å². The molecule has 2 atom stereocenters. The summed E-state index contributed by atoms with van der Waals surface area (Å²) < 4.78 is 5.96. The van der Waals surface area contributed by atoms with Crippen LogP contribution in [0.2, 0.25) is 0 Å². The van der Waals surface area contributed by atoms with E-state index < -0.39 is 0 Å². The molecule has 3 nitrogen and oxygen atoms in total. The molecule has 94 valence electrons. The summed E-state index contributed by atoms with van der Waals surface area (Å²) in [4.78, 5) is 12.0. The van der Waals surface area contributed by atoms with Crippen molar-refractivity contribution in [1.29, 1.82) is 0 Å². The summed E-state index contributed by atoms with van der Waals surface area (Å²) in [5.41, 5.74) is 0. The van der Waals surface area contributed by atoms with E-state index in [1.54, 1.807) is 12.3 Å². The number of hydrogen-bond acceptors (Lipinski definition) is 3. The summed E-state index contributed by atoms with van der Waals surface area (Å²) in [6.07, 6.45) is 4.55. The van der Waals surface area contributed by atoms with Crippen LogP contribution in [0.3, 0.4) is 0 Å². The highest BCUT2D eigenvalue weighted by Gasteiger charge is 2.24. The molecule has 1 aliphatic heterocycles. The third-order valence-corrected chi connectivity index (χ3v) is 4.14. The Morgan fingerprint density at radius 2 is 2.53 bits per heavy atom. The van der Waals surface area contributed by atoms with Crippen LogP contribution in [0.4, 0.5) is 0 Å². The van der Waals surface area contributed by atoms with Crippen molar-refractivity contribution in [3.05, 3.63) is 22.6 Å². The van der Waals surface area contributed by atoms with E-state index in [0.29, 0.717) is 24.0 Å². The number of ketones is 1. The van der Waals surface area contributed by atoms with Gasteiger partial charge >= 0.3 is 0 Å². The molecule has 0 amide bonds. The van der Waals surface area contributed by atoms with Gasteiger partial charge in [0.05, 0.1) is 10.7 Å². The number of furan rings is 1. The van der Waals surface area contributed by atoms with Crippen LogP contribution in [0, 0.1) is 11.8 Å². The normalized spacial score (nSPS) is 22.4. The number of carbonyl (C=O) groups is 1. The molecule has 0 aliphatic carbocycles. The number of piperidine rings is 1. The molecule has 2 unspecified atom stereocenters. The number of nitrogens with one attached hydrogen (secondary N) is 1. The Hall–Kier alpha value is -0.610. The zero-order valence-electron chi connectivity index (χ0n) is 10.0. The van der Waals surface area contributed by atoms with Crippen LogP contribution in [0.5, 0.6) is 0 Å². The van der Waals surface area contributed by atoms with Crippen LogP contribution in [-0.4, -0.2) is 18.9 Å². The molecule has 1 aliphatic rings. The minimum absolute atomic E-state index is 0.0972. The maximum absolute atomic E-state index is 12.0. The number of halogens is 1. The van der Waals surface area contributed by atoms with Crippen LogP contribution < -0.4 is 5.32 Å². The highest BCUT2D eigenvalue weighted by Crippen LogP contribution is 2.26. The molecule has 1 N–H and O–H groups in total. The second-order valence-corrected chi connectivity index (χ2v) is 5.66. The topological polar surface area (TPSA) is 42.2 Å². The van der Waals surface area contributed by atoms with Gasteiger partial charge in [-0.1, -0.05) is 6.92 Å². The van der Waals surface area contributed by atoms with Gasteiger partial charge in [0.1, 0.15) is 0 Å². The summed E-state index contributed by atoms with van der Waals surface area (Å²) in [6.45, 7) is 4.31. The molecule has 0 saturated carbocycles. The van der Waals surface area contributed by atoms with Gasteiger partial charge in [0.25, 0.3) is 0 Å². The van der Waals surface area contributed by atoms with Crippen LogP contribution >= 0.6 is 15.9 Å². The van der Waals surface area contributed by atoms with Crippen molar-refractivity contribution >= 4 is 21.7 Å². The Morgan fingerprint density at radius 1 is 1.71 bits per heavy atom. The van der Waals surface area contributed by atoms with E-state index in [9.17, 15) is 4.79 Å². The highest BCUT2D eigenvalue weighted by molar-refractivity contribution is 9.10. The summed E-state index contributed by atoms with van der Waals surface area (Å²) in [6, 6.07) is 1.76. The van der Waals surface area contributed by atoms with E-state index in [1.165, 1.54) is 12.8 Å². The Labute approximate surface area is 110 Å². The Bertz CT molecular complexity index is 383. The largest absolute Gasteiger partial charge is 0.460 e. The minimum Gasteiger partial charge on any atom is -0.460 e. The van der Waals surface area contributed by atoms with E-state index in [-0.39, 0.29) is 5.78 Å². The smallest absolute Gasteiger partial charge is 0.199 e. The lowest BCUT2D eigenvalue weighted by Gasteiger charge is -2.27. The monoisotopic (exact) mass is 299 g/mol. The summed E-state index contributed by atoms with van der Waals surface area (Å²) in [5, 5.41) is 3.39. The predicted octanol–water partition coefficient (Wildman–Crippen LogP) is 3.25. The van der Waals surface area contributed by atoms with Gasteiger partial charge in [0, 0.05) is 6.42 Å². The van der Waals surface area contributed by atoms with E-state index in [4.69, 9.17) is 4.42 Å². The van der Waals surface area contributed by atoms with Crippen molar-refractivity contribution in [3.8, 4) is 0 Å². The van der Waals surface area contributed by atoms with Gasteiger partial charge in [-0.25, -0.2) is 0 Å². The van der Waals surface area contributed by atoms with E-state index in [1.807, 2.05) is 0 Å². The van der Waals surface area contributed by atoms with Gasteiger partial charge in [0.15, 0.2) is 11.5 Å². The third kappa shape index (κ3) is 3.19. The second kappa shape index (κ2) is 5.83. The van der Waals surface area contributed by atoms with Crippen LogP contribution in [0.1, 0.15) is 36.7 Å². The maximum atomic E-state index is 12.0. The fourth-order valence-corrected chi connectivity index (χ4v) is 2.83. The highest BCUT2D eigenvalue weighted by atomic mass is 79.9. The van der Waals surface area contributed by atoms with Crippen molar-refractivity contribution in [2.45, 2.75) is 26.2 Å². The number of hydrogen-bond donors (Lipinski definition) is 1. The second-order valence-electron chi connectivity index (χ2n) is 4.81. The van der Waals surface area contributed by atoms with Crippen molar-refractivity contribution in [2.75, 3.05) is 13.1 Å². The number of Topliss-reactive ketones (excluding diaryl/α,β-unsaturated/α-hetero) is 1. The first-order valence-corrected chi connectivity index (χ1v) is 6.94. The lowest BCUT2D eigenvalue weighted by Crippen LogP contribution is -2.34. The summed E-state index contributed by atoms with van der Waals surface area (Å²) in [5.74, 6) is 1.58. The molecule has 0 radical (unpaired) electrons. The van der Waals surface area contributed by atoms with Gasteiger partial charge in [0.2, 0.25) is 0 Å². The van der Waals surface area contributed by atoms with Gasteiger partial charge in [-0.15, -0.1) is 0 Å². The molecule has 17 heavy (non-hydrogen) atoms. The fourth-order valence-electron chi connectivity index (χ4n) is 2.41. The van der Waals surface area contributed by atoms with E-state index in [2.05, 4.69) is 28.2 Å². The molecule has 0 bridgehead atoms. The molecule has 0 aromatic carbocycles. The van der Waals surface area contributed by atoms with E-state index >= 15 is 0 Å². The zero-order chi connectivity index (χ0) is 12.3. The SMILES string of the molecule is CC(CC(=O)c1occc1Br)C1CCCNC1. The average molecular weight is 300 g/mol. The quantitative estimate of drug-likeness (QED) is 0.868. The molecule has 4 heteroatoms. The Morgan fingerprint density at radius 3 is 3.12 bits per heavy atom. The molecule has 1 aromatic rings. The zero-order valence-corrected chi connectivity index (χ0v) is 11.6. The van der Waals surface area contributed by atoms with Gasteiger partial charge < -0.3 is 9.73 Å². The average Bonchev–Trinajstić information content (AvgIpc) is 2.76. The van der Waals surface area contributed by atoms with Crippen molar-refractivity contribution < 1.29 is 9.21 Å². The standard InChI is InChI=1S/C13H18BrNO2/c1-9(10-3-2-5-15-8-10)7-12(16)13-11(14)4-6-17-13/h4,6,9-10,15H,2-3,5,7-8H2,1H3. The summed E-state index contributed by atoms with van der Waals surface area (Å²) in [7, 11) is 0. The Balaban J connectivity index is 1.92. The third-order valence-electron chi connectivity index (χ3n) is 3.52. The minimum atomic E-state index is 0.0972. The van der Waals surface area contributed by atoms with E-state index in [0.717, 1.165) is 17.6 Å². The van der Waals surface area contributed by atoms with Gasteiger partial charge in [-0.3, -0.25) is 4.79 Å². The number of rotatable bonds is 4. The van der Waals surface area contributed by atoms with Gasteiger partial charge in [-0.05, 0) is 59.8 Å². The molecule has 2 rings (SSSR count). The lowest BCUT2D eigenvalue weighted by molar-refractivity contribution is 0.0914. The van der Waals surface area contributed by atoms with Crippen molar-refractivity contribution in [3.63, 3.8) is 0 Å². The van der Waals surface area contributed by atoms with Crippen LogP contribution in [0.25, 0.3) is 0 Å².